The molecule has 4 aliphatic rings. The topological polar surface area (TPSA) is 6.48 Å². The van der Waals surface area contributed by atoms with Gasteiger partial charge >= 0.3 is 0 Å². The Hall–Kier alpha value is -0.380. The average molecular weight is 276 g/mol. The first-order chi connectivity index (χ1) is 9.37. The number of piperidine rings is 1. The number of rotatable bonds is 4. The van der Waals surface area contributed by atoms with Crippen molar-refractivity contribution in [3.8, 4) is 0 Å². The van der Waals surface area contributed by atoms with E-state index in [0.29, 0.717) is 0 Å². The number of nitrogens with zero attached hydrogens (tertiary/aromatic N) is 2. The summed E-state index contributed by atoms with van der Waals surface area (Å²) < 4.78 is 0. The van der Waals surface area contributed by atoms with Crippen LogP contribution in [-0.2, 0) is 6.54 Å². The number of thiophene rings is 1. The molecular formula is C16H24N2S. The van der Waals surface area contributed by atoms with Gasteiger partial charge in [-0.2, -0.15) is 11.3 Å². The van der Waals surface area contributed by atoms with Crippen molar-refractivity contribution < 1.29 is 0 Å². The SMILES string of the molecule is c1cc(CN2C[C@@H]3CC[C@H](C2)N(CC2CC2)C3)cs1. The van der Waals surface area contributed by atoms with Crippen molar-refractivity contribution in [2.45, 2.75) is 38.3 Å². The monoisotopic (exact) mass is 276 g/mol. The predicted molar refractivity (Wildman–Crippen MR) is 80.4 cm³/mol. The Morgan fingerprint density at radius 3 is 2.84 bits per heavy atom. The van der Waals surface area contributed by atoms with E-state index >= 15 is 0 Å². The van der Waals surface area contributed by atoms with Gasteiger partial charge in [-0.25, -0.2) is 0 Å². The second-order valence-electron chi connectivity index (χ2n) is 6.82. The van der Waals surface area contributed by atoms with Gasteiger partial charge in [0.15, 0.2) is 0 Å². The second-order valence-corrected chi connectivity index (χ2v) is 7.60. The molecule has 0 aromatic carbocycles. The molecule has 3 heteroatoms. The van der Waals surface area contributed by atoms with Gasteiger partial charge in [0.25, 0.3) is 0 Å². The van der Waals surface area contributed by atoms with Crippen molar-refractivity contribution in [1.82, 2.24) is 9.80 Å². The second kappa shape index (κ2) is 5.19. The smallest absolute Gasteiger partial charge is 0.0242 e. The van der Waals surface area contributed by atoms with Gasteiger partial charge in [0.1, 0.15) is 0 Å². The molecule has 5 rings (SSSR count). The highest BCUT2D eigenvalue weighted by atomic mass is 32.1. The van der Waals surface area contributed by atoms with Crippen LogP contribution in [0.3, 0.4) is 0 Å². The van der Waals surface area contributed by atoms with Gasteiger partial charge in [-0.05, 0) is 59.9 Å². The van der Waals surface area contributed by atoms with Gasteiger partial charge in [0.05, 0.1) is 0 Å². The fourth-order valence-corrected chi connectivity index (χ4v) is 4.56. The molecule has 3 saturated heterocycles. The van der Waals surface area contributed by atoms with E-state index in [9.17, 15) is 0 Å². The molecule has 1 saturated carbocycles. The third-order valence-corrected chi connectivity index (χ3v) is 5.81. The van der Waals surface area contributed by atoms with Crippen LogP contribution >= 0.6 is 11.3 Å². The van der Waals surface area contributed by atoms with Gasteiger partial charge in [-0.3, -0.25) is 9.80 Å². The van der Waals surface area contributed by atoms with Gasteiger partial charge < -0.3 is 0 Å². The van der Waals surface area contributed by atoms with Gasteiger partial charge in [-0.1, -0.05) is 0 Å². The van der Waals surface area contributed by atoms with Gasteiger partial charge in [0.2, 0.25) is 0 Å². The van der Waals surface area contributed by atoms with E-state index in [1.165, 1.54) is 64.0 Å². The van der Waals surface area contributed by atoms with Crippen LogP contribution in [0.15, 0.2) is 16.8 Å². The zero-order valence-electron chi connectivity index (χ0n) is 11.6. The zero-order valence-corrected chi connectivity index (χ0v) is 12.4. The largest absolute Gasteiger partial charge is 0.299 e. The molecule has 4 fully saturated rings. The molecule has 104 valence electrons. The van der Waals surface area contributed by atoms with Crippen molar-refractivity contribution in [3.63, 3.8) is 0 Å². The summed E-state index contributed by atoms with van der Waals surface area (Å²) in [7, 11) is 0. The first-order valence-electron chi connectivity index (χ1n) is 7.84. The Kier molecular flexibility index (Phi) is 3.38. The highest BCUT2D eigenvalue weighted by Gasteiger charge is 2.37. The molecule has 0 radical (unpaired) electrons. The number of hydrogen-bond donors (Lipinski definition) is 0. The van der Waals surface area contributed by atoms with E-state index in [0.717, 1.165) is 17.9 Å². The third kappa shape index (κ3) is 2.88. The van der Waals surface area contributed by atoms with E-state index in [4.69, 9.17) is 0 Å². The molecule has 4 heterocycles. The normalized spacial score (nSPS) is 32.6. The van der Waals surface area contributed by atoms with Gasteiger partial charge in [-0.15, -0.1) is 0 Å². The summed E-state index contributed by atoms with van der Waals surface area (Å²) in [5.41, 5.74) is 1.51. The van der Waals surface area contributed by atoms with Crippen molar-refractivity contribution in [1.29, 1.82) is 0 Å². The van der Waals surface area contributed by atoms with E-state index in [1.807, 2.05) is 11.3 Å². The summed E-state index contributed by atoms with van der Waals surface area (Å²) in [4.78, 5) is 5.55. The Morgan fingerprint density at radius 2 is 2.05 bits per heavy atom. The minimum absolute atomic E-state index is 0.845. The predicted octanol–water partition coefficient (Wildman–Crippen LogP) is 3.05. The maximum absolute atomic E-state index is 2.83. The van der Waals surface area contributed by atoms with Crippen LogP contribution in [0.2, 0.25) is 0 Å². The van der Waals surface area contributed by atoms with Crippen LogP contribution in [-0.4, -0.2) is 42.0 Å². The number of fused-ring (bicyclic) bond motifs is 4. The first kappa shape index (κ1) is 12.4. The van der Waals surface area contributed by atoms with Crippen molar-refractivity contribution in [2.75, 3.05) is 26.2 Å². The lowest BCUT2D eigenvalue weighted by atomic mass is 9.95. The Labute approximate surface area is 120 Å². The molecule has 0 spiro atoms. The van der Waals surface area contributed by atoms with Crippen molar-refractivity contribution in [2.24, 2.45) is 11.8 Å². The number of hydrogen-bond acceptors (Lipinski definition) is 3. The third-order valence-electron chi connectivity index (χ3n) is 5.08. The summed E-state index contributed by atoms with van der Waals surface area (Å²) >= 11 is 1.83. The summed E-state index contributed by atoms with van der Waals surface area (Å²) in [6.45, 7) is 6.58. The molecule has 2 bridgehead atoms. The van der Waals surface area contributed by atoms with Crippen molar-refractivity contribution >= 4 is 11.3 Å². The van der Waals surface area contributed by atoms with Crippen LogP contribution < -0.4 is 0 Å². The molecule has 1 aromatic rings. The standard InChI is InChI=1S/C16H24N2S/c1-2-13(1)9-18-10-14-3-4-16(18)11-17(7-14)8-15-5-6-19-12-15/h5-6,12-14,16H,1-4,7-11H2/t14-,16+/m0/s1. The summed E-state index contributed by atoms with van der Waals surface area (Å²) in [5.74, 6) is 1.97. The average Bonchev–Trinajstić information content (AvgIpc) is 3.14. The van der Waals surface area contributed by atoms with Crippen LogP contribution in [0.5, 0.6) is 0 Å². The van der Waals surface area contributed by atoms with Crippen LogP contribution in [0, 0.1) is 11.8 Å². The minimum atomic E-state index is 0.845. The molecule has 1 aliphatic carbocycles. The molecule has 19 heavy (non-hydrogen) atoms. The fourth-order valence-electron chi connectivity index (χ4n) is 3.90. The fraction of sp³-hybridized carbons (Fsp3) is 0.750. The molecule has 0 N–H and O–H groups in total. The van der Waals surface area contributed by atoms with E-state index in [-0.39, 0.29) is 0 Å². The first-order valence-corrected chi connectivity index (χ1v) is 8.78. The molecular weight excluding hydrogens is 252 g/mol. The lowest BCUT2D eigenvalue weighted by Gasteiger charge is -2.36. The minimum Gasteiger partial charge on any atom is -0.299 e. The van der Waals surface area contributed by atoms with Gasteiger partial charge in [0, 0.05) is 38.8 Å². The van der Waals surface area contributed by atoms with Crippen LogP contribution in [0.1, 0.15) is 31.2 Å². The lowest BCUT2D eigenvalue weighted by molar-refractivity contribution is 0.125. The van der Waals surface area contributed by atoms with E-state index < -0.39 is 0 Å². The summed E-state index contributed by atoms with van der Waals surface area (Å²) in [6.07, 6.45) is 5.89. The lowest BCUT2D eigenvalue weighted by Crippen LogP contribution is -2.44. The zero-order chi connectivity index (χ0) is 12.7. The molecule has 0 unspecified atom stereocenters. The molecule has 2 nitrogen and oxygen atoms in total. The van der Waals surface area contributed by atoms with Crippen molar-refractivity contribution in [3.05, 3.63) is 22.4 Å². The van der Waals surface area contributed by atoms with E-state index in [2.05, 4.69) is 26.6 Å². The highest BCUT2D eigenvalue weighted by Crippen LogP contribution is 2.35. The molecule has 0 amide bonds. The Bertz CT molecular complexity index is 412. The Balaban J connectivity index is 1.42. The molecule has 3 aliphatic heterocycles. The molecule has 2 atom stereocenters. The summed E-state index contributed by atoms with van der Waals surface area (Å²) in [5, 5.41) is 4.52. The summed E-state index contributed by atoms with van der Waals surface area (Å²) in [6, 6.07) is 3.14. The highest BCUT2D eigenvalue weighted by molar-refractivity contribution is 7.07. The van der Waals surface area contributed by atoms with Crippen LogP contribution in [0.25, 0.3) is 0 Å². The molecule has 1 aromatic heterocycles. The maximum Gasteiger partial charge on any atom is 0.0242 e. The van der Waals surface area contributed by atoms with Crippen LogP contribution in [0.4, 0.5) is 0 Å². The maximum atomic E-state index is 2.83. The quantitative estimate of drug-likeness (QED) is 0.834. The van der Waals surface area contributed by atoms with E-state index in [1.54, 1.807) is 0 Å². The Morgan fingerprint density at radius 1 is 1.11 bits per heavy atom.